The Balaban J connectivity index is 1.58. The van der Waals surface area contributed by atoms with Gasteiger partial charge < -0.3 is 26.3 Å². The number of halogens is 1. The Bertz CT molecular complexity index is 810. The van der Waals surface area contributed by atoms with Crippen LogP contribution in [0.5, 0.6) is 0 Å². The Morgan fingerprint density at radius 2 is 2.19 bits per heavy atom. The zero-order chi connectivity index (χ0) is 18.7. The van der Waals surface area contributed by atoms with E-state index in [1.165, 1.54) is 5.56 Å². The summed E-state index contributed by atoms with van der Waals surface area (Å²) in [6.45, 7) is 12.6. The van der Waals surface area contributed by atoms with Crippen molar-refractivity contribution < 1.29 is 0 Å². The van der Waals surface area contributed by atoms with Crippen LogP contribution in [0.15, 0.2) is 43.0 Å². The summed E-state index contributed by atoms with van der Waals surface area (Å²) in [5.41, 5.74) is 9.33. The van der Waals surface area contributed by atoms with Gasteiger partial charge >= 0.3 is 0 Å². The lowest BCUT2D eigenvalue weighted by Crippen LogP contribution is -2.47. The van der Waals surface area contributed by atoms with Crippen molar-refractivity contribution in [3.05, 3.63) is 59.3 Å². The van der Waals surface area contributed by atoms with Gasteiger partial charge in [-0.05, 0) is 43.0 Å². The van der Waals surface area contributed by atoms with E-state index >= 15 is 0 Å². The van der Waals surface area contributed by atoms with Crippen molar-refractivity contribution in [2.24, 2.45) is 5.73 Å². The van der Waals surface area contributed by atoms with Crippen molar-refractivity contribution in [3.8, 4) is 0 Å². The van der Waals surface area contributed by atoms with E-state index in [-0.39, 0.29) is 0 Å². The van der Waals surface area contributed by atoms with E-state index in [0.29, 0.717) is 18.4 Å². The fourth-order valence-corrected chi connectivity index (χ4v) is 3.82. The van der Waals surface area contributed by atoms with Gasteiger partial charge in [-0.2, -0.15) is 0 Å². The molecule has 0 bridgehead atoms. The Morgan fingerprint density at radius 1 is 1.38 bits per heavy atom. The normalized spacial score (nSPS) is 17.3. The molecule has 0 aliphatic carbocycles. The van der Waals surface area contributed by atoms with E-state index in [2.05, 4.69) is 46.7 Å². The minimum atomic E-state index is 0.331. The fourth-order valence-electron chi connectivity index (χ4n) is 3.57. The molecule has 0 amide bonds. The number of hydrogen-bond donors (Lipinski definition) is 4. The molecule has 0 saturated carbocycles. The molecule has 1 unspecified atom stereocenters. The van der Waals surface area contributed by atoms with Gasteiger partial charge in [-0.25, -0.2) is 0 Å². The van der Waals surface area contributed by atoms with Crippen LogP contribution in [-0.2, 0) is 13.0 Å². The zero-order valence-electron chi connectivity index (χ0n) is 15.4. The quantitative estimate of drug-likeness (QED) is 0.600. The van der Waals surface area contributed by atoms with Crippen LogP contribution in [0.3, 0.4) is 0 Å². The summed E-state index contributed by atoms with van der Waals surface area (Å²) in [5.74, 6) is 1.46. The molecule has 1 atom stereocenters. The molecule has 1 aliphatic heterocycles. The van der Waals surface area contributed by atoms with Gasteiger partial charge in [0, 0.05) is 40.8 Å². The maximum atomic E-state index is 6.21. The van der Waals surface area contributed by atoms with Gasteiger partial charge in [-0.1, -0.05) is 31.7 Å². The van der Waals surface area contributed by atoms with Crippen molar-refractivity contribution in [3.63, 3.8) is 0 Å². The molecule has 0 spiro atoms. The average molecular weight is 374 g/mol. The number of piperidine rings is 1. The SMILES string of the molecule is C=C(NCc1cc2cc(Cl)cc(CC)c2[nH]1)NC1CCCN(C(=C)N)C1. The molecule has 2 heterocycles. The van der Waals surface area contributed by atoms with E-state index in [4.69, 9.17) is 17.3 Å². The highest BCUT2D eigenvalue weighted by atomic mass is 35.5. The highest BCUT2D eigenvalue weighted by molar-refractivity contribution is 6.31. The highest BCUT2D eigenvalue weighted by Gasteiger charge is 2.19. The molecule has 1 fully saturated rings. The van der Waals surface area contributed by atoms with Gasteiger partial charge in [0.2, 0.25) is 0 Å². The van der Waals surface area contributed by atoms with Crippen LogP contribution in [0.1, 0.15) is 31.0 Å². The molecule has 140 valence electrons. The summed E-state index contributed by atoms with van der Waals surface area (Å²) >= 11 is 6.21. The van der Waals surface area contributed by atoms with E-state index in [9.17, 15) is 0 Å². The minimum Gasteiger partial charge on any atom is -0.386 e. The Hall–Kier alpha value is -2.27. The molecule has 0 radical (unpaired) electrons. The topological polar surface area (TPSA) is 69.1 Å². The standard InChI is InChI=1S/C20H28ClN5/c1-4-15-8-17(21)9-16-10-19(25-20(15)16)11-23-14(3)24-18-6-5-7-26(12-18)13(2)22/h8-10,18,23-25H,2-7,11-12,22H2,1H3. The second-order valence-corrected chi connectivity index (χ2v) is 7.37. The van der Waals surface area contributed by atoms with Crippen molar-refractivity contribution in [2.75, 3.05) is 13.1 Å². The number of rotatable bonds is 7. The van der Waals surface area contributed by atoms with Crippen LogP contribution >= 0.6 is 11.6 Å². The second-order valence-electron chi connectivity index (χ2n) is 6.93. The number of H-pyrrole nitrogens is 1. The summed E-state index contributed by atoms with van der Waals surface area (Å²) in [6, 6.07) is 6.50. The summed E-state index contributed by atoms with van der Waals surface area (Å²) in [6.07, 6.45) is 3.16. The van der Waals surface area contributed by atoms with Gasteiger partial charge in [0.05, 0.1) is 18.2 Å². The molecule has 1 aromatic carbocycles. The molecule has 26 heavy (non-hydrogen) atoms. The lowest BCUT2D eigenvalue weighted by molar-refractivity contribution is 0.239. The lowest BCUT2D eigenvalue weighted by atomic mass is 10.1. The number of aryl methyl sites for hydroxylation is 1. The molecule has 1 saturated heterocycles. The molecule has 1 aromatic heterocycles. The molecule has 5 N–H and O–H groups in total. The van der Waals surface area contributed by atoms with Crippen LogP contribution in [0, 0.1) is 0 Å². The first-order chi connectivity index (χ1) is 12.5. The second kappa shape index (κ2) is 7.96. The molecule has 3 rings (SSSR count). The van der Waals surface area contributed by atoms with Crippen molar-refractivity contribution in [2.45, 2.75) is 38.8 Å². The number of nitrogens with two attached hydrogens (primary N) is 1. The monoisotopic (exact) mass is 373 g/mol. The summed E-state index contributed by atoms with van der Waals surface area (Å²) in [5, 5.41) is 8.75. The van der Waals surface area contributed by atoms with Crippen LogP contribution in [-0.4, -0.2) is 29.0 Å². The summed E-state index contributed by atoms with van der Waals surface area (Å²) in [4.78, 5) is 5.61. The number of fused-ring (bicyclic) bond motifs is 1. The Kier molecular flexibility index (Phi) is 5.67. The number of benzene rings is 1. The minimum absolute atomic E-state index is 0.331. The largest absolute Gasteiger partial charge is 0.386 e. The molecular formula is C20H28ClN5. The van der Waals surface area contributed by atoms with Gasteiger partial charge in [-0.15, -0.1) is 0 Å². The van der Waals surface area contributed by atoms with Crippen LogP contribution in [0.25, 0.3) is 10.9 Å². The third-order valence-electron chi connectivity index (χ3n) is 4.91. The van der Waals surface area contributed by atoms with E-state index in [0.717, 1.165) is 59.8 Å². The van der Waals surface area contributed by atoms with Crippen LogP contribution < -0.4 is 16.4 Å². The molecular weight excluding hydrogens is 346 g/mol. The summed E-state index contributed by atoms with van der Waals surface area (Å²) < 4.78 is 0. The van der Waals surface area contributed by atoms with Gasteiger partial charge in [0.1, 0.15) is 0 Å². The smallest absolute Gasteiger partial charge is 0.0918 e. The average Bonchev–Trinajstić information content (AvgIpc) is 3.02. The number of likely N-dealkylation sites (tertiary alicyclic amines) is 1. The first-order valence-electron chi connectivity index (χ1n) is 9.15. The van der Waals surface area contributed by atoms with Gasteiger partial charge in [0.25, 0.3) is 0 Å². The van der Waals surface area contributed by atoms with Crippen molar-refractivity contribution in [1.29, 1.82) is 0 Å². The number of nitrogens with one attached hydrogen (secondary N) is 3. The molecule has 5 nitrogen and oxygen atoms in total. The highest BCUT2D eigenvalue weighted by Crippen LogP contribution is 2.25. The van der Waals surface area contributed by atoms with Crippen molar-refractivity contribution in [1.82, 2.24) is 20.5 Å². The first kappa shape index (κ1) is 18.5. The zero-order valence-corrected chi connectivity index (χ0v) is 16.1. The van der Waals surface area contributed by atoms with Crippen LogP contribution in [0.4, 0.5) is 0 Å². The molecule has 6 heteroatoms. The molecule has 2 aromatic rings. The predicted octanol–water partition coefficient (Wildman–Crippen LogP) is 3.43. The Morgan fingerprint density at radius 3 is 2.92 bits per heavy atom. The van der Waals surface area contributed by atoms with Gasteiger partial charge in [0.15, 0.2) is 0 Å². The van der Waals surface area contributed by atoms with Gasteiger partial charge in [-0.3, -0.25) is 0 Å². The lowest BCUT2D eigenvalue weighted by Gasteiger charge is -2.35. The summed E-state index contributed by atoms with van der Waals surface area (Å²) in [7, 11) is 0. The maximum absolute atomic E-state index is 6.21. The fraction of sp³-hybridized carbons (Fsp3) is 0.400. The maximum Gasteiger partial charge on any atom is 0.0918 e. The van der Waals surface area contributed by atoms with E-state index < -0.39 is 0 Å². The Labute approximate surface area is 160 Å². The number of aromatic nitrogens is 1. The van der Waals surface area contributed by atoms with E-state index in [1.807, 2.05) is 12.1 Å². The van der Waals surface area contributed by atoms with E-state index in [1.54, 1.807) is 0 Å². The third-order valence-corrected chi connectivity index (χ3v) is 5.13. The first-order valence-corrected chi connectivity index (χ1v) is 9.52. The molecule has 1 aliphatic rings. The van der Waals surface area contributed by atoms with Crippen molar-refractivity contribution >= 4 is 22.5 Å². The predicted molar refractivity (Wildman–Crippen MR) is 110 cm³/mol. The third kappa shape index (κ3) is 4.28. The number of nitrogens with zero attached hydrogens (tertiary/aromatic N) is 1. The van der Waals surface area contributed by atoms with Crippen LogP contribution in [0.2, 0.25) is 5.02 Å². The number of hydrogen-bond acceptors (Lipinski definition) is 4. The number of aromatic amines is 1.